The summed E-state index contributed by atoms with van der Waals surface area (Å²) in [5.74, 6) is -1.24. The third kappa shape index (κ3) is 1.48. The predicted molar refractivity (Wildman–Crippen MR) is 57.4 cm³/mol. The van der Waals surface area contributed by atoms with E-state index in [1.807, 2.05) is 0 Å². The number of ether oxygens (including phenoxy) is 1. The molecule has 0 bridgehead atoms. The van der Waals surface area contributed by atoms with Gasteiger partial charge in [0.25, 0.3) is 0 Å². The first-order chi connectivity index (χ1) is 7.65. The Labute approximate surface area is 91.1 Å². The van der Waals surface area contributed by atoms with Crippen molar-refractivity contribution in [3.8, 4) is 5.75 Å². The van der Waals surface area contributed by atoms with Crippen molar-refractivity contribution in [1.82, 2.24) is 0 Å². The zero-order chi connectivity index (χ0) is 11.7. The first-order valence-corrected chi connectivity index (χ1v) is 4.63. The van der Waals surface area contributed by atoms with Gasteiger partial charge < -0.3 is 9.84 Å². The average molecular weight is 220 g/mol. The van der Waals surface area contributed by atoms with Gasteiger partial charge in [0.2, 0.25) is 0 Å². The summed E-state index contributed by atoms with van der Waals surface area (Å²) < 4.78 is 18.6. The Morgan fingerprint density at radius 1 is 1.31 bits per heavy atom. The lowest BCUT2D eigenvalue weighted by molar-refractivity contribution is 0.0699. The molecule has 0 fully saturated rings. The molecule has 4 heteroatoms. The van der Waals surface area contributed by atoms with Crippen molar-refractivity contribution in [1.29, 1.82) is 0 Å². The first kappa shape index (κ1) is 10.4. The summed E-state index contributed by atoms with van der Waals surface area (Å²) in [5.41, 5.74) is 0.0651. The number of rotatable bonds is 2. The van der Waals surface area contributed by atoms with Crippen LogP contribution in [0, 0.1) is 5.82 Å². The lowest BCUT2D eigenvalue weighted by Crippen LogP contribution is -1.99. The molecule has 1 N–H and O–H groups in total. The van der Waals surface area contributed by atoms with Gasteiger partial charge in [0, 0.05) is 5.39 Å². The number of hydrogen-bond acceptors (Lipinski definition) is 2. The fraction of sp³-hybridized carbons (Fsp3) is 0.0833. The van der Waals surface area contributed by atoms with Gasteiger partial charge in [0.05, 0.1) is 18.1 Å². The Morgan fingerprint density at radius 2 is 2.06 bits per heavy atom. The quantitative estimate of drug-likeness (QED) is 0.846. The number of benzene rings is 2. The van der Waals surface area contributed by atoms with Gasteiger partial charge >= 0.3 is 5.97 Å². The van der Waals surface area contributed by atoms with E-state index in [4.69, 9.17) is 9.84 Å². The van der Waals surface area contributed by atoms with Crippen LogP contribution in [-0.4, -0.2) is 18.2 Å². The zero-order valence-electron chi connectivity index (χ0n) is 8.53. The molecule has 0 saturated carbocycles. The lowest BCUT2D eigenvalue weighted by Gasteiger charge is -2.08. The smallest absolute Gasteiger partial charge is 0.336 e. The molecule has 0 unspecified atom stereocenters. The zero-order valence-corrected chi connectivity index (χ0v) is 8.53. The SMILES string of the molecule is COc1cccc2c(C(=O)O)ccc(F)c12. The third-order valence-electron chi connectivity index (χ3n) is 2.40. The van der Waals surface area contributed by atoms with Crippen LogP contribution in [0.1, 0.15) is 10.4 Å². The minimum Gasteiger partial charge on any atom is -0.496 e. The normalized spacial score (nSPS) is 10.4. The molecule has 16 heavy (non-hydrogen) atoms. The van der Waals surface area contributed by atoms with Crippen LogP contribution >= 0.6 is 0 Å². The largest absolute Gasteiger partial charge is 0.496 e. The van der Waals surface area contributed by atoms with E-state index in [0.29, 0.717) is 11.1 Å². The highest BCUT2D eigenvalue weighted by molar-refractivity contribution is 6.05. The molecule has 0 aromatic heterocycles. The molecule has 2 aromatic carbocycles. The summed E-state index contributed by atoms with van der Waals surface area (Å²) in [5, 5.41) is 9.51. The molecule has 2 aromatic rings. The number of fused-ring (bicyclic) bond motifs is 1. The number of hydrogen-bond donors (Lipinski definition) is 1. The highest BCUT2D eigenvalue weighted by atomic mass is 19.1. The molecule has 0 atom stereocenters. The van der Waals surface area contributed by atoms with E-state index < -0.39 is 11.8 Å². The van der Waals surface area contributed by atoms with E-state index in [-0.39, 0.29) is 10.9 Å². The van der Waals surface area contributed by atoms with Gasteiger partial charge in [-0.1, -0.05) is 12.1 Å². The van der Waals surface area contributed by atoms with Crippen LogP contribution < -0.4 is 4.74 Å². The highest BCUT2D eigenvalue weighted by Crippen LogP contribution is 2.30. The molecule has 0 radical (unpaired) electrons. The molecule has 82 valence electrons. The fourth-order valence-electron chi connectivity index (χ4n) is 1.69. The Bertz CT molecular complexity index is 563. The summed E-state index contributed by atoms with van der Waals surface area (Å²) in [6.45, 7) is 0. The molecular formula is C12H9FO3. The van der Waals surface area contributed by atoms with Crippen molar-refractivity contribution in [2.75, 3.05) is 7.11 Å². The van der Waals surface area contributed by atoms with Crippen molar-refractivity contribution < 1.29 is 19.0 Å². The van der Waals surface area contributed by atoms with E-state index >= 15 is 0 Å². The molecule has 0 saturated heterocycles. The van der Waals surface area contributed by atoms with Gasteiger partial charge in [0.15, 0.2) is 0 Å². The summed E-state index contributed by atoms with van der Waals surface area (Å²) in [6.07, 6.45) is 0. The van der Waals surface area contributed by atoms with Crippen LogP contribution in [0.4, 0.5) is 4.39 Å². The monoisotopic (exact) mass is 220 g/mol. The molecule has 3 nitrogen and oxygen atoms in total. The van der Waals surface area contributed by atoms with Gasteiger partial charge in [-0.15, -0.1) is 0 Å². The van der Waals surface area contributed by atoms with Gasteiger partial charge in [0.1, 0.15) is 11.6 Å². The molecule has 0 aliphatic carbocycles. The van der Waals surface area contributed by atoms with E-state index in [0.717, 1.165) is 6.07 Å². The maximum Gasteiger partial charge on any atom is 0.336 e. The Morgan fingerprint density at radius 3 is 2.69 bits per heavy atom. The molecular weight excluding hydrogens is 211 g/mol. The van der Waals surface area contributed by atoms with E-state index in [9.17, 15) is 9.18 Å². The minimum absolute atomic E-state index is 0.0651. The Balaban J connectivity index is 2.90. The maximum atomic E-state index is 13.6. The van der Waals surface area contributed by atoms with E-state index in [1.165, 1.54) is 13.2 Å². The minimum atomic E-state index is -1.08. The second kappa shape index (κ2) is 3.81. The van der Waals surface area contributed by atoms with Gasteiger partial charge in [-0.05, 0) is 18.2 Å². The van der Waals surface area contributed by atoms with Crippen LogP contribution in [0.25, 0.3) is 10.8 Å². The number of carboxylic acid groups (broad SMARTS) is 1. The Hall–Kier alpha value is -2.10. The second-order valence-electron chi connectivity index (χ2n) is 3.28. The lowest BCUT2D eigenvalue weighted by atomic mass is 10.0. The third-order valence-corrected chi connectivity index (χ3v) is 2.40. The summed E-state index contributed by atoms with van der Waals surface area (Å²) >= 11 is 0. The number of aromatic carboxylic acids is 1. The van der Waals surface area contributed by atoms with E-state index in [1.54, 1.807) is 18.2 Å². The van der Waals surface area contributed by atoms with Crippen molar-refractivity contribution in [2.45, 2.75) is 0 Å². The summed E-state index contributed by atoms with van der Waals surface area (Å²) in [6, 6.07) is 7.17. The molecule has 0 spiro atoms. The average Bonchev–Trinajstić information content (AvgIpc) is 2.28. The fourth-order valence-corrected chi connectivity index (χ4v) is 1.69. The van der Waals surface area contributed by atoms with Crippen LogP contribution in [0.5, 0.6) is 5.75 Å². The van der Waals surface area contributed by atoms with Crippen molar-refractivity contribution in [3.05, 3.63) is 41.7 Å². The number of carboxylic acids is 1. The van der Waals surface area contributed by atoms with Crippen LogP contribution in [0.2, 0.25) is 0 Å². The highest BCUT2D eigenvalue weighted by Gasteiger charge is 2.14. The van der Waals surface area contributed by atoms with Gasteiger partial charge in [-0.2, -0.15) is 0 Å². The summed E-state index contributed by atoms with van der Waals surface area (Å²) in [4.78, 5) is 11.0. The Kier molecular flexibility index (Phi) is 2.48. The first-order valence-electron chi connectivity index (χ1n) is 4.63. The van der Waals surface area contributed by atoms with Crippen LogP contribution in [-0.2, 0) is 0 Å². The molecule has 0 aliphatic rings. The topological polar surface area (TPSA) is 46.5 Å². The second-order valence-corrected chi connectivity index (χ2v) is 3.28. The maximum absolute atomic E-state index is 13.6. The van der Waals surface area contributed by atoms with E-state index in [2.05, 4.69) is 0 Å². The molecule has 0 amide bonds. The number of halogens is 1. The van der Waals surface area contributed by atoms with Crippen molar-refractivity contribution >= 4 is 16.7 Å². The van der Waals surface area contributed by atoms with Gasteiger partial charge in [-0.3, -0.25) is 0 Å². The molecule has 2 rings (SSSR count). The standard InChI is InChI=1S/C12H9FO3/c1-16-10-4-2-3-7-8(12(14)15)5-6-9(13)11(7)10/h2-6H,1H3,(H,14,15). The molecule has 0 aliphatic heterocycles. The van der Waals surface area contributed by atoms with Crippen molar-refractivity contribution in [2.24, 2.45) is 0 Å². The predicted octanol–water partition coefficient (Wildman–Crippen LogP) is 2.69. The molecule has 0 heterocycles. The van der Waals surface area contributed by atoms with Crippen LogP contribution in [0.3, 0.4) is 0 Å². The summed E-state index contributed by atoms with van der Waals surface area (Å²) in [7, 11) is 1.42. The van der Waals surface area contributed by atoms with Crippen molar-refractivity contribution in [3.63, 3.8) is 0 Å². The van der Waals surface area contributed by atoms with Gasteiger partial charge in [-0.25, -0.2) is 9.18 Å². The van der Waals surface area contributed by atoms with Crippen LogP contribution in [0.15, 0.2) is 30.3 Å². The number of carbonyl (C=O) groups is 1. The number of methoxy groups -OCH3 is 1.